The normalized spacial score (nSPS) is 20.5. The number of anilines is 1. The van der Waals surface area contributed by atoms with E-state index >= 15 is 0 Å². The van der Waals surface area contributed by atoms with Crippen LogP contribution in [0.1, 0.15) is 12.0 Å². The number of hydrogen-bond donors (Lipinski definition) is 1. The molecule has 1 saturated heterocycles. The lowest BCUT2D eigenvalue weighted by atomic mass is 10.2. The second-order valence-electron chi connectivity index (χ2n) is 4.33. The van der Waals surface area contributed by atoms with E-state index in [1.807, 2.05) is 19.1 Å². The summed E-state index contributed by atoms with van der Waals surface area (Å²) in [5.41, 5.74) is 2.09. The van der Waals surface area contributed by atoms with Crippen LogP contribution in [-0.2, 0) is 4.79 Å². The van der Waals surface area contributed by atoms with Gasteiger partial charge in [-0.1, -0.05) is 17.4 Å². The Balaban J connectivity index is 2.03. The molecule has 3 rings (SSSR count). The number of aromatic nitrogens is 1. The van der Waals surface area contributed by atoms with Crippen molar-refractivity contribution < 1.29 is 9.90 Å². The molecule has 5 heteroatoms. The topological polar surface area (TPSA) is 53.4 Å². The molecule has 0 bridgehead atoms. The maximum absolute atomic E-state index is 11.7. The lowest BCUT2D eigenvalue weighted by molar-refractivity contribution is -0.117. The van der Waals surface area contributed by atoms with Crippen LogP contribution in [0.3, 0.4) is 0 Å². The predicted molar refractivity (Wildman–Crippen MR) is 67.3 cm³/mol. The van der Waals surface area contributed by atoms with E-state index < -0.39 is 6.10 Å². The molecule has 1 aliphatic heterocycles. The van der Waals surface area contributed by atoms with Crippen LogP contribution in [0, 0.1) is 6.92 Å². The Labute approximate surface area is 103 Å². The fourth-order valence-corrected chi connectivity index (χ4v) is 3.10. The second-order valence-corrected chi connectivity index (χ2v) is 5.34. The number of nitrogens with zero attached hydrogens (tertiary/aromatic N) is 2. The van der Waals surface area contributed by atoms with Crippen molar-refractivity contribution in [2.24, 2.45) is 0 Å². The highest BCUT2D eigenvalue weighted by Gasteiger charge is 2.31. The minimum atomic E-state index is -0.559. The van der Waals surface area contributed by atoms with Crippen molar-refractivity contribution in [3.05, 3.63) is 23.8 Å². The lowest BCUT2D eigenvalue weighted by Gasteiger charge is -2.10. The second kappa shape index (κ2) is 3.78. The third-order valence-electron chi connectivity index (χ3n) is 2.87. The average molecular weight is 248 g/mol. The first-order valence-electron chi connectivity index (χ1n) is 5.49. The number of aryl methyl sites for hydroxylation is 1. The van der Waals surface area contributed by atoms with Crippen molar-refractivity contribution in [1.29, 1.82) is 0 Å². The van der Waals surface area contributed by atoms with Crippen molar-refractivity contribution in [1.82, 2.24) is 4.98 Å². The van der Waals surface area contributed by atoms with Crippen LogP contribution >= 0.6 is 11.3 Å². The smallest absolute Gasteiger partial charge is 0.231 e. The summed E-state index contributed by atoms with van der Waals surface area (Å²) in [7, 11) is 0. The maximum Gasteiger partial charge on any atom is 0.231 e. The van der Waals surface area contributed by atoms with Crippen molar-refractivity contribution >= 4 is 32.6 Å². The van der Waals surface area contributed by atoms with E-state index in [9.17, 15) is 9.90 Å². The molecule has 1 N–H and O–H groups in total. The molecular formula is C12H12N2O2S. The SMILES string of the molecule is Cc1ccc2nc(N3CC(O)CC3=O)sc2c1. The standard InChI is InChI=1S/C12H12N2O2S/c1-7-2-3-9-10(4-7)17-12(13-9)14-6-8(15)5-11(14)16/h2-4,8,15H,5-6H2,1H3. The zero-order chi connectivity index (χ0) is 12.0. The number of hydrogen-bond acceptors (Lipinski definition) is 4. The Morgan fingerprint density at radius 3 is 3.06 bits per heavy atom. The fourth-order valence-electron chi connectivity index (χ4n) is 2.01. The summed E-state index contributed by atoms with van der Waals surface area (Å²) in [6.07, 6.45) is -0.356. The monoisotopic (exact) mass is 248 g/mol. The zero-order valence-electron chi connectivity index (χ0n) is 9.38. The van der Waals surface area contributed by atoms with E-state index in [1.54, 1.807) is 4.90 Å². The molecular weight excluding hydrogens is 236 g/mol. The number of fused-ring (bicyclic) bond motifs is 1. The molecule has 2 aromatic rings. The van der Waals surface area contributed by atoms with E-state index in [2.05, 4.69) is 11.1 Å². The number of thiazole rings is 1. The van der Waals surface area contributed by atoms with Gasteiger partial charge in [-0.3, -0.25) is 9.69 Å². The Kier molecular flexibility index (Phi) is 2.38. The van der Waals surface area contributed by atoms with Gasteiger partial charge < -0.3 is 5.11 Å². The summed E-state index contributed by atoms with van der Waals surface area (Å²) in [4.78, 5) is 17.7. The van der Waals surface area contributed by atoms with Gasteiger partial charge >= 0.3 is 0 Å². The van der Waals surface area contributed by atoms with Gasteiger partial charge in [-0.25, -0.2) is 4.98 Å². The quantitative estimate of drug-likeness (QED) is 0.835. The summed E-state index contributed by atoms with van der Waals surface area (Å²) >= 11 is 1.50. The summed E-state index contributed by atoms with van der Waals surface area (Å²) in [5.74, 6) is -0.0479. The highest BCUT2D eigenvalue weighted by molar-refractivity contribution is 7.22. The third-order valence-corrected chi connectivity index (χ3v) is 3.91. The van der Waals surface area contributed by atoms with Gasteiger partial charge in [0, 0.05) is 0 Å². The number of carbonyl (C=O) groups is 1. The summed E-state index contributed by atoms with van der Waals surface area (Å²) < 4.78 is 1.08. The maximum atomic E-state index is 11.7. The van der Waals surface area contributed by atoms with Gasteiger partial charge in [-0.2, -0.15) is 0 Å². The molecule has 0 spiro atoms. The van der Waals surface area contributed by atoms with Crippen LogP contribution in [0.25, 0.3) is 10.2 Å². The number of aliphatic hydroxyl groups is 1. The first-order chi connectivity index (χ1) is 8.13. The molecule has 0 aliphatic carbocycles. The Hall–Kier alpha value is -1.46. The molecule has 17 heavy (non-hydrogen) atoms. The summed E-state index contributed by atoms with van der Waals surface area (Å²) in [6, 6.07) is 6.03. The molecule has 4 nitrogen and oxygen atoms in total. The molecule has 88 valence electrons. The molecule has 0 radical (unpaired) electrons. The highest BCUT2D eigenvalue weighted by Crippen LogP contribution is 2.31. The average Bonchev–Trinajstić information content (AvgIpc) is 2.80. The molecule has 1 aliphatic rings. The van der Waals surface area contributed by atoms with Crippen LogP contribution in [-0.4, -0.2) is 28.6 Å². The first-order valence-corrected chi connectivity index (χ1v) is 6.31. The van der Waals surface area contributed by atoms with Crippen molar-refractivity contribution in [3.8, 4) is 0 Å². The molecule has 2 heterocycles. The Morgan fingerprint density at radius 1 is 1.53 bits per heavy atom. The molecule has 1 amide bonds. The molecule has 1 unspecified atom stereocenters. The number of benzene rings is 1. The van der Waals surface area contributed by atoms with Gasteiger partial charge in [0.05, 0.1) is 29.3 Å². The van der Waals surface area contributed by atoms with Crippen molar-refractivity contribution in [2.75, 3.05) is 11.4 Å². The predicted octanol–water partition coefficient (Wildman–Crippen LogP) is 1.70. The van der Waals surface area contributed by atoms with Crippen molar-refractivity contribution in [2.45, 2.75) is 19.4 Å². The van der Waals surface area contributed by atoms with E-state index in [4.69, 9.17) is 0 Å². The van der Waals surface area contributed by atoms with E-state index in [0.29, 0.717) is 11.7 Å². The minimum absolute atomic E-state index is 0.0479. The molecule has 1 aromatic carbocycles. The van der Waals surface area contributed by atoms with Gasteiger partial charge in [0.15, 0.2) is 5.13 Å². The van der Waals surface area contributed by atoms with E-state index in [0.717, 1.165) is 10.2 Å². The van der Waals surface area contributed by atoms with Gasteiger partial charge in [0.25, 0.3) is 0 Å². The minimum Gasteiger partial charge on any atom is -0.391 e. The summed E-state index contributed by atoms with van der Waals surface area (Å²) in [5, 5.41) is 10.2. The highest BCUT2D eigenvalue weighted by atomic mass is 32.1. The zero-order valence-corrected chi connectivity index (χ0v) is 10.2. The van der Waals surface area contributed by atoms with E-state index in [-0.39, 0.29) is 12.3 Å². The van der Waals surface area contributed by atoms with Crippen molar-refractivity contribution in [3.63, 3.8) is 0 Å². The van der Waals surface area contributed by atoms with Gasteiger partial charge in [-0.05, 0) is 24.6 Å². The molecule has 1 fully saturated rings. The number of rotatable bonds is 1. The fraction of sp³-hybridized carbons (Fsp3) is 0.333. The van der Waals surface area contributed by atoms with Gasteiger partial charge in [0.2, 0.25) is 5.91 Å². The number of aliphatic hydroxyl groups excluding tert-OH is 1. The number of β-amino-alcohol motifs (C(OH)–C–C–N with tert-alkyl or cyclic N) is 1. The van der Waals surface area contributed by atoms with E-state index in [1.165, 1.54) is 16.9 Å². The van der Waals surface area contributed by atoms with Crippen LogP contribution in [0.2, 0.25) is 0 Å². The molecule has 1 aromatic heterocycles. The molecule has 1 atom stereocenters. The lowest BCUT2D eigenvalue weighted by Crippen LogP contribution is -2.24. The number of amides is 1. The Morgan fingerprint density at radius 2 is 2.35 bits per heavy atom. The van der Waals surface area contributed by atoms with Crippen LogP contribution in [0.5, 0.6) is 0 Å². The van der Waals surface area contributed by atoms with Crippen LogP contribution < -0.4 is 4.90 Å². The largest absolute Gasteiger partial charge is 0.391 e. The van der Waals surface area contributed by atoms with Gasteiger partial charge in [-0.15, -0.1) is 0 Å². The number of carbonyl (C=O) groups excluding carboxylic acids is 1. The molecule has 0 saturated carbocycles. The summed E-state index contributed by atoms with van der Waals surface area (Å²) in [6.45, 7) is 2.39. The van der Waals surface area contributed by atoms with Crippen LogP contribution in [0.15, 0.2) is 18.2 Å². The van der Waals surface area contributed by atoms with Crippen LogP contribution in [0.4, 0.5) is 5.13 Å². The Bertz CT molecular complexity index is 593. The first kappa shape index (κ1) is 10.7. The van der Waals surface area contributed by atoms with Gasteiger partial charge in [0.1, 0.15) is 0 Å². The third kappa shape index (κ3) is 1.81.